The van der Waals surface area contributed by atoms with Crippen molar-refractivity contribution in [2.45, 2.75) is 57.8 Å². The summed E-state index contributed by atoms with van der Waals surface area (Å²) in [7, 11) is 0. The van der Waals surface area contributed by atoms with Gasteiger partial charge in [0.15, 0.2) is 12.3 Å². The molecule has 1 aromatic heterocycles. The van der Waals surface area contributed by atoms with E-state index in [2.05, 4.69) is 15.9 Å². The lowest BCUT2D eigenvalue weighted by molar-refractivity contribution is -0.0611. The normalized spacial score (nSPS) is 22.1. The fourth-order valence-corrected chi connectivity index (χ4v) is 3.90. The second-order valence-corrected chi connectivity index (χ2v) is 8.96. The van der Waals surface area contributed by atoms with E-state index in [-0.39, 0.29) is 24.3 Å². The Labute approximate surface area is 204 Å². The summed E-state index contributed by atoms with van der Waals surface area (Å²) in [5, 5.41) is 20.3. The summed E-state index contributed by atoms with van der Waals surface area (Å²) in [5.74, 6) is -0.730. The van der Waals surface area contributed by atoms with Gasteiger partial charge in [0.2, 0.25) is 0 Å². The first-order valence-electron chi connectivity index (χ1n) is 11.1. The summed E-state index contributed by atoms with van der Waals surface area (Å²) < 4.78 is 19.6. The van der Waals surface area contributed by atoms with Crippen molar-refractivity contribution in [2.24, 2.45) is 0 Å². The molecule has 34 heavy (non-hydrogen) atoms. The van der Waals surface area contributed by atoms with Gasteiger partial charge in [-0.15, -0.1) is 0 Å². The Hall–Kier alpha value is -2.31. The first-order valence-corrected chi connectivity index (χ1v) is 11.9. The Morgan fingerprint density at radius 1 is 1.21 bits per heavy atom. The highest BCUT2D eigenvalue weighted by molar-refractivity contribution is 9.10. The maximum Gasteiger partial charge on any atom is 0.338 e. The SMILES string of the molecule is CCCCOCCn1c(=O)c(C)cn([C@@H]2O[C@H](CO)C(O)C2OC(=O)c2ccc(Br)cc2)c1=O. The molecule has 1 saturated heterocycles. The number of ether oxygens (including phenoxy) is 3. The largest absolute Gasteiger partial charge is 0.451 e. The van der Waals surface area contributed by atoms with Crippen LogP contribution in [0.3, 0.4) is 0 Å². The number of aliphatic hydroxyl groups excluding tert-OH is 2. The van der Waals surface area contributed by atoms with Gasteiger partial charge in [0.05, 0.1) is 25.3 Å². The van der Waals surface area contributed by atoms with Crippen LogP contribution in [0.15, 0.2) is 44.5 Å². The molecule has 0 spiro atoms. The average Bonchev–Trinajstić information content (AvgIpc) is 3.13. The van der Waals surface area contributed by atoms with Gasteiger partial charge in [-0.1, -0.05) is 29.3 Å². The van der Waals surface area contributed by atoms with Crippen LogP contribution in [0.2, 0.25) is 0 Å². The molecule has 0 radical (unpaired) electrons. The quantitative estimate of drug-likeness (QED) is 0.341. The van der Waals surface area contributed by atoms with Crippen molar-refractivity contribution in [3.8, 4) is 0 Å². The van der Waals surface area contributed by atoms with Crippen LogP contribution >= 0.6 is 15.9 Å². The second-order valence-electron chi connectivity index (χ2n) is 8.04. The molecule has 0 saturated carbocycles. The van der Waals surface area contributed by atoms with Gasteiger partial charge in [0.25, 0.3) is 5.56 Å². The third kappa shape index (κ3) is 5.84. The maximum absolute atomic E-state index is 13.2. The van der Waals surface area contributed by atoms with Gasteiger partial charge in [-0.2, -0.15) is 0 Å². The van der Waals surface area contributed by atoms with Crippen LogP contribution < -0.4 is 11.2 Å². The van der Waals surface area contributed by atoms with Crippen LogP contribution in [0.1, 0.15) is 41.9 Å². The molecule has 10 nitrogen and oxygen atoms in total. The van der Waals surface area contributed by atoms with Crippen LogP contribution in [0.25, 0.3) is 0 Å². The molecule has 3 rings (SSSR count). The monoisotopic (exact) mass is 540 g/mol. The number of aryl methyl sites for hydroxylation is 1. The Morgan fingerprint density at radius 3 is 2.56 bits per heavy atom. The molecular weight excluding hydrogens is 512 g/mol. The summed E-state index contributed by atoms with van der Waals surface area (Å²) >= 11 is 3.29. The highest BCUT2D eigenvalue weighted by atomic mass is 79.9. The highest BCUT2D eigenvalue weighted by Gasteiger charge is 2.47. The number of esters is 1. The fourth-order valence-electron chi connectivity index (χ4n) is 3.64. The third-order valence-electron chi connectivity index (χ3n) is 5.56. The van der Waals surface area contributed by atoms with Crippen molar-refractivity contribution in [2.75, 3.05) is 19.8 Å². The molecule has 2 aromatic rings. The number of nitrogens with zero attached hydrogens (tertiary/aromatic N) is 2. The lowest BCUT2D eigenvalue weighted by atomic mass is 10.1. The van der Waals surface area contributed by atoms with Crippen LogP contribution in [0.4, 0.5) is 0 Å². The van der Waals surface area contributed by atoms with Crippen LogP contribution in [0, 0.1) is 6.92 Å². The number of carbonyl (C=O) groups excluding carboxylic acids is 1. The molecule has 1 fully saturated rings. The first-order chi connectivity index (χ1) is 16.3. The zero-order valence-electron chi connectivity index (χ0n) is 19.1. The van der Waals surface area contributed by atoms with Crippen molar-refractivity contribution >= 4 is 21.9 Å². The molecule has 2 unspecified atom stereocenters. The number of hydrogen-bond donors (Lipinski definition) is 2. The van der Waals surface area contributed by atoms with E-state index in [4.69, 9.17) is 14.2 Å². The molecule has 11 heteroatoms. The van der Waals surface area contributed by atoms with Crippen LogP contribution in [-0.4, -0.2) is 63.4 Å². The zero-order chi connectivity index (χ0) is 24.8. The lowest BCUT2D eigenvalue weighted by Crippen LogP contribution is -2.45. The molecular formula is C23H29BrN2O8. The Bertz CT molecular complexity index is 1100. The van der Waals surface area contributed by atoms with E-state index >= 15 is 0 Å². The van der Waals surface area contributed by atoms with Gasteiger partial charge in [-0.05, 0) is 37.6 Å². The molecule has 1 aromatic carbocycles. The molecule has 1 aliphatic heterocycles. The van der Waals surface area contributed by atoms with Crippen LogP contribution in [-0.2, 0) is 20.8 Å². The number of carbonyl (C=O) groups is 1. The van der Waals surface area contributed by atoms with E-state index in [1.807, 2.05) is 6.92 Å². The summed E-state index contributed by atoms with van der Waals surface area (Å²) in [6, 6.07) is 6.42. The topological polar surface area (TPSA) is 129 Å². The molecule has 0 amide bonds. The Kier molecular flexibility index (Phi) is 9.20. The summed E-state index contributed by atoms with van der Waals surface area (Å²) in [6.07, 6.45) is -1.88. The summed E-state index contributed by atoms with van der Waals surface area (Å²) in [6.45, 7) is 3.75. The van der Waals surface area contributed by atoms with Gasteiger partial charge >= 0.3 is 11.7 Å². The zero-order valence-corrected chi connectivity index (χ0v) is 20.6. The van der Waals surface area contributed by atoms with Gasteiger partial charge < -0.3 is 24.4 Å². The van der Waals surface area contributed by atoms with Gasteiger partial charge in [0, 0.05) is 22.8 Å². The van der Waals surface area contributed by atoms with E-state index in [9.17, 15) is 24.6 Å². The van der Waals surface area contributed by atoms with Crippen molar-refractivity contribution in [3.05, 3.63) is 66.9 Å². The molecule has 2 N–H and O–H groups in total. The maximum atomic E-state index is 13.2. The Balaban J connectivity index is 1.90. The summed E-state index contributed by atoms with van der Waals surface area (Å²) in [4.78, 5) is 38.5. The molecule has 4 atom stereocenters. The average molecular weight is 541 g/mol. The molecule has 0 aliphatic carbocycles. The number of aromatic nitrogens is 2. The predicted molar refractivity (Wildman–Crippen MR) is 126 cm³/mol. The van der Waals surface area contributed by atoms with E-state index < -0.39 is 48.4 Å². The van der Waals surface area contributed by atoms with Gasteiger partial charge in [0.1, 0.15) is 12.2 Å². The number of aliphatic hydroxyl groups is 2. The molecule has 2 heterocycles. The molecule has 186 valence electrons. The number of benzene rings is 1. The van der Waals surface area contributed by atoms with Gasteiger partial charge in [-0.25, -0.2) is 9.59 Å². The van der Waals surface area contributed by atoms with Crippen molar-refractivity contribution in [1.82, 2.24) is 9.13 Å². The minimum atomic E-state index is -1.39. The highest BCUT2D eigenvalue weighted by Crippen LogP contribution is 2.31. The first kappa shape index (κ1) is 26.3. The van der Waals surface area contributed by atoms with Crippen molar-refractivity contribution < 1.29 is 29.2 Å². The number of hydrogen-bond acceptors (Lipinski definition) is 8. The lowest BCUT2D eigenvalue weighted by Gasteiger charge is -2.23. The standard InChI is InChI=1S/C23H29BrN2O8/c1-3-4-10-32-11-9-25-20(29)14(2)12-26(23(25)31)21-19(18(28)17(13-27)33-21)34-22(30)15-5-7-16(24)8-6-15/h5-8,12,17-19,21,27-28H,3-4,9-11,13H2,1-2H3/t17-,18?,19?,21-/m1/s1. The van der Waals surface area contributed by atoms with E-state index in [0.717, 1.165) is 26.4 Å². The van der Waals surface area contributed by atoms with Crippen molar-refractivity contribution in [1.29, 1.82) is 0 Å². The Morgan fingerprint density at radius 2 is 1.91 bits per heavy atom. The smallest absolute Gasteiger partial charge is 0.338 e. The van der Waals surface area contributed by atoms with E-state index in [0.29, 0.717) is 6.61 Å². The molecule has 1 aliphatic rings. The number of rotatable bonds is 10. The molecule has 0 bridgehead atoms. The van der Waals surface area contributed by atoms with Crippen LogP contribution in [0.5, 0.6) is 0 Å². The van der Waals surface area contributed by atoms with Crippen molar-refractivity contribution in [3.63, 3.8) is 0 Å². The number of halogens is 1. The predicted octanol–water partition coefficient (Wildman–Crippen LogP) is 1.37. The fraction of sp³-hybridized carbons (Fsp3) is 0.522. The van der Waals surface area contributed by atoms with Gasteiger partial charge in [-0.3, -0.25) is 13.9 Å². The van der Waals surface area contributed by atoms with E-state index in [1.165, 1.54) is 6.20 Å². The number of unbranched alkanes of at least 4 members (excludes halogenated alkanes) is 1. The third-order valence-corrected chi connectivity index (χ3v) is 6.09. The summed E-state index contributed by atoms with van der Waals surface area (Å²) in [5.41, 5.74) is -0.674. The van der Waals surface area contributed by atoms with E-state index in [1.54, 1.807) is 31.2 Å². The minimum absolute atomic E-state index is 0.0328. The second kappa shape index (κ2) is 11.9. The minimum Gasteiger partial charge on any atom is -0.451 e.